The van der Waals surface area contributed by atoms with Crippen molar-refractivity contribution in [1.82, 2.24) is 5.06 Å². The minimum absolute atomic E-state index is 0.147. The number of likely N-dealkylation sites (N-methyl/N-ethyl adjacent to an activating group) is 1. The zero-order valence-electron chi connectivity index (χ0n) is 8.40. The Hall–Kier alpha value is -1.03. The lowest BCUT2D eigenvalue weighted by Crippen LogP contribution is -2.29. The molecule has 1 aliphatic heterocycles. The molecule has 74 valence electrons. The first kappa shape index (κ1) is 10.1. The molecule has 0 saturated carbocycles. The summed E-state index contributed by atoms with van der Waals surface area (Å²) in [6, 6.07) is 0.147. The van der Waals surface area contributed by atoms with Crippen LogP contribution in [0.4, 0.5) is 0 Å². The van der Waals surface area contributed by atoms with Crippen molar-refractivity contribution in [1.29, 1.82) is 0 Å². The van der Waals surface area contributed by atoms with Gasteiger partial charge >= 0.3 is 5.97 Å². The van der Waals surface area contributed by atoms with Crippen molar-refractivity contribution in [2.24, 2.45) is 5.92 Å². The van der Waals surface area contributed by atoms with E-state index in [2.05, 4.69) is 18.6 Å². The topological polar surface area (TPSA) is 38.8 Å². The van der Waals surface area contributed by atoms with E-state index in [1.165, 1.54) is 7.11 Å². The van der Waals surface area contributed by atoms with Gasteiger partial charge in [0.15, 0.2) is 0 Å². The van der Waals surface area contributed by atoms with Crippen molar-refractivity contribution in [3.8, 4) is 0 Å². The summed E-state index contributed by atoms with van der Waals surface area (Å²) in [5, 5.41) is 1.66. The van der Waals surface area contributed by atoms with Crippen LogP contribution >= 0.6 is 0 Å². The summed E-state index contributed by atoms with van der Waals surface area (Å²) in [7, 11) is 3.15. The zero-order valence-corrected chi connectivity index (χ0v) is 8.40. The molecule has 0 bridgehead atoms. The maximum atomic E-state index is 11.1. The summed E-state index contributed by atoms with van der Waals surface area (Å²) in [5.74, 6) is 0.269. The first-order chi connectivity index (χ1) is 6.06. The summed E-state index contributed by atoms with van der Waals surface area (Å²) in [5.41, 5.74) is 0. The molecule has 0 radical (unpaired) electrons. The molecule has 13 heavy (non-hydrogen) atoms. The summed E-state index contributed by atoms with van der Waals surface area (Å²) in [4.78, 5) is 16.3. The maximum absolute atomic E-state index is 11.1. The Labute approximate surface area is 78.1 Å². The molecule has 1 unspecified atom stereocenters. The van der Waals surface area contributed by atoms with Crippen LogP contribution in [0.15, 0.2) is 11.8 Å². The van der Waals surface area contributed by atoms with E-state index in [4.69, 9.17) is 4.84 Å². The highest BCUT2D eigenvalue weighted by Crippen LogP contribution is 2.22. The predicted octanol–water partition coefficient (Wildman–Crippen LogP) is 0.945. The van der Waals surface area contributed by atoms with Gasteiger partial charge < -0.3 is 9.57 Å². The number of ether oxygens (including phenoxy) is 1. The van der Waals surface area contributed by atoms with Crippen molar-refractivity contribution < 1.29 is 14.4 Å². The predicted molar refractivity (Wildman–Crippen MR) is 47.6 cm³/mol. The van der Waals surface area contributed by atoms with Crippen molar-refractivity contribution in [3.05, 3.63) is 11.8 Å². The second kappa shape index (κ2) is 3.79. The normalized spacial score (nSPS) is 22.8. The van der Waals surface area contributed by atoms with E-state index in [1.54, 1.807) is 18.2 Å². The fraction of sp³-hybridized carbons (Fsp3) is 0.667. The third-order valence-corrected chi connectivity index (χ3v) is 2.05. The molecule has 0 amide bonds. The molecule has 1 heterocycles. The van der Waals surface area contributed by atoms with Gasteiger partial charge in [0.1, 0.15) is 0 Å². The number of hydroxylamine groups is 2. The molecular weight excluding hydrogens is 170 g/mol. The third-order valence-electron chi connectivity index (χ3n) is 2.05. The van der Waals surface area contributed by atoms with E-state index in [1.807, 2.05) is 0 Å². The van der Waals surface area contributed by atoms with E-state index < -0.39 is 5.97 Å². The van der Waals surface area contributed by atoms with E-state index in [9.17, 15) is 4.79 Å². The molecule has 0 aromatic heterocycles. The molecule has 4 heteroatoms. The first-order valence-corrected chi connectivity index (χ1v) is 4.27. The van der Waals surface area contributed by atoms with Crippen LogP contribution in [-0.2, 0) is 14.4 Å². The number of carbonyl (C=O) groups excluding carboxylic acids is 1. The Bertz CT molecular complexity index is 235. The molecule has 1 aliphatic rings. The largest absolute Gasteiger partial charge is 0.463 e. The van der Waals surface area contributed by atoms with Crippen LogP contribution in [0.5, 0.6) is 0 Å². The maximum Gasteiger partial charge on any atom is 0.375 e. The van der Waals surface area contributed by atoms with Crippen molar-refractivity contribution in [2.45, 2.75) is 19.9 Å². The van der Waals surface area contributed by atoms with Gasteiger partial charge in [-0.3, -0.25) is 0 Å². The van der Waals surface area contributed by atoms with Crippen LogP contribution in [0, 0.1) is 5.92 Å². The van der Waals surface area contributed by atoms with Crippen LogP contribution < -0.4 is 0 Å². The second-order valence-corrected chi connectivity index (χ2v) is 3.39. The molecule has 0 N–H and O–H groups in total. The highest BCUT2D eigenvalue weighted by Gasteiger charge is 2.30. The van der Waals surface area contributed by atoms with Crippen molar-refractivity contribution in [2.75, 3.05) is 14.2 Å². The first-order valence-electron chi connectivity index (χ1n) is 4.27. The van der Waals surface area contributed by atoms with Gasteiger partial charge in [-0.05, 0) is 12.0 Å². The van der Waals surface area contributed by atoms with E-state index in [0.29, 0.717) is 5.92 Å². The van der Waals surface area contributed by atoms with Crippen LogP contribution in [-0.4, -0.2) is 31.2 Å². The van der Waals surface area contributed by atoms with Crippen LogP contribution in [0.2, 0.25) is 0 Å². The van der Waals surface area contributed by atoms with Gasteiger partial charge in [0.25, 0.3) is 0 Å². The van der Waals surface area contributed by atoms with Gasteiger partial charge in [-0.15, -0.1) is 5.06 Å². The summed E-state index contributed by atoms with van der Waals surface area (Å²) in [6.45, 7) is 4.14. The number of esters is 1. The monoisotopic (exact) mass is 185 g/mol. The molecule has 0 fully saturated rings. The van der Waals surface area contributed by atoms with Gasteiger partial charge in [-0.2, -0.15) is 0 Å². The van der Waals surface area contributed by atoms with Gasteiger partial charge in [-0.1, -0.05) is 13.8 Å². The van der Waals surface area contributed by atoms with Gasteiger partial charge in [0, 0.05) is 7.05 Å². The van der Waals surface area contributed by atoms with Crippen LogP contribution in [0.25, 0.3) is 0 Å². The average molecular weight is 185 g/mol. The molecule has 4 nitrogen and oxygen atoms in total. The number of hydrogen-bond acceptors (Lipinski definition) is 4. The average Bonchev–Trinajstić information content (AvgIpc) is 2.46. The number of carbonyl (C=O) groups is 1. The summed E-state index contributed by atoms with van der Waals surface area (Å²) in [6.07, 6.45) is 1.79. The van der Waals surface area contributed by atoms with Gasteiger partial charge in [0.05, 0.1) is 13.2 Å². The van der Waals surface area contributed by atoms with Crippen molar-refractivity contribution in [3.63, 3.8) is 0 Å². The van der Waals surface area contributed by atoms with Crippen LogP contribution in [0.3, 0.4) is 0 Å². The minimum atomic E-state index is -0.421. The SMILES string of the molecule is COC(=O)C1=CC(C(C)C)N(C)O1. The molecule has 0 aromatic carbocycles. The lowest BCUT2D eigenvalue weighted by molar-refractivity contribution is -0.153. The molecule has 0 saturated heterocycles. The van der Waals surface area contributed by atoms with E-state index >= 15 is 0 Å². The molecule has 0 spiro atoms. The number of hydrogen-bond donors (Lipinski definition) is 0. The minimum Gasteiger partial charge on any atom is -0.463 e. The molecular formula is C9H15NO3. The smallest absolute Gasteiger partial charge is 0.375 e. The lowest BCUT2D eigenvalue weighted by Gasteiger charge is -2.20. The molecule has 0 aromatic rings. The standard InChI is InChI=1S/C9H15NO3/c1-6(2)7-5-8(9(11)12-4)13-10(7)3/h5-7H,1-4H3. The number of rotatable bonds is 2. The molecule has 1 atom stereocenters. The van der Waals surface area contributed by atoms with Gasteiger partial charge in [-0.25, -0.2) is 4.79 Å². The Morgan fingerprint density at radius 2 is 2.31 bits per heavy atom. The van der Waals surface area contributed by atoms with Crippen molar-refractivity contribution >= 4 is 5.97 Å². The highest BCUT2D eigenvalue weighted by atomic mass is 16.7. The molecule has 0 aliphatic carbocycles. The highest BCUT2D eigenvalue weighted by molar-refractivity contribution is 5.86. The third kappa shape index (κ3) is 2.01. The van der Waals surface area contributed by atoms with E-state index in [0.717, 1.165) is 0 Å². The quantitative estimate of drug-likeness (QED) is 0.600. The zero-order chi connectivity index (χ0) is 10.0. The number of methoxy groups -OCH3 is 1. The Balaban J connectivity index is 2.71. The van der Waals surface area contributed by atoms with E-state index in [-0.39, 0.29) is 11.8 Å². The number of nitrogens with zero attached hydrogens (tertiary/aromatic N) is 1. The van der Waals surface area contributed by atoms with Gasteiger partial charge in [0.2, 0.25) is 5.76 Å². The Morgan fingerprint density at radius 1 is 1.69 bits per heavy atom. The summed E-state index contributed by atoms with van der Waals surface area (Å²) < 4.78 is 4.55. The Morgan fingerprint density at radius 3 is 2.69 bits per heavy atom. The lowest BCUT2D eigenvalue weighted by atomic mass is 10.0. The second-order valence-electron chi connectivity index (χ2n) is 3.39. The Kier molecular flexibility index (Phi) is 2.93. The van der Waals surface area contributed by atoms with Crippen LogP contribution in [0.1, 0.15) is 13.8 Å². The molecule has 1 rings (SSSR count). The fourth-order valence-corrected chi connectivity index (χ4v) is 1.32. The fourth-order valence-electron chi connectivity index (χ4n) is 1.32. The summed E-state index contributed by atoms with van der Waals surface area (Å²) >= 11 is 0.